The molecular formula is C73H49F6N3. The standard InChI is InChI=1S/C73H49F6N3/c1-43-10-5-14-48(32-43)52-21-28-66-60(37-52)61-38-53(49-15-6-11-44(2)33-49)22-29-67(61)81(66)56-25-26-57(71-64(72(74,75)76)18-9-19-65(71)73(77,78)79)58(41-56)59-36-47(42-80)20-27-68(59)82-69-30-23-54(50-16-7-12-45(3)34-50)39-62(69)63-40-55(24-31-70(63)82)51-17-8-13-46(4)35-51/h5-41H,1-4H3. The molecule has 0 atom stereocenters. The highest BCUT2D eigenvalue weighted by molar-refractivity contribution is 6.14. The summed E-state index contributed by atoms with van der Waals surface area (Å²) >= 11 is 0. The molecule has 13 aromatic rings. The number of rotatable bonds is 8. The zero-order valence-corrected chi connectivity index (χ0v) is 45.0. The van der Waals surface area contributed by atoms with E-state index in [0.717, 1.165) is 116 Å². The molecule has 0 radical (unpaired) electrons. The molecule has 3 nitrogen and oxygen atoms in total. The molecule has 398 valence electrons. The van der Waals surface area contributed by atoms with Crippen LogP contribution < -0.4 is 0 Å². The molecule has 0 spiro atoms. The van der Waals surface area contributed by atoms with Crippen molar-refractivity contribution in [3.8, 4) is 84.2 Å². The Morgan fingerprint density at radius 3 is 1.06 bits per heavy atom. The van der Waals surface area contributed by atoms with Crippen LogP contribution in [-0.2, 0) is 12.4 Å². The van der Waals surface area contributed by atoms with Gasteiger partial charge < -0.3 is 9.13 Å². The van der Waals surface area contributed by atoms with E-state index < -0.39 is 29.0 Å². The van der Waals surface area contributed by atoms with E-state index in [1.165, 1.54) is 6.07 Å². The molecule has 0 aliphatic heterocycles. The van der Waals surface area contributed by atoms with Crippen LogP contribution in [0, 0.1) is 39.0 Å². The second-order valence-corrected chi connectivity index (χ2v) is 21.4. The van der Waals surface area contributed by atoms with Crippen LogP contribution in [0.3, 0.4) is 0 Å². The number of fused-ring (bicyclic) bond motifs is 6. The van der Waals surface area contributed by atoms with Gasteiger partial charge in [0.2, 0.25) is 0 Å². The van der Waals surface area contributed by atoms with Gasteiger partial charge in [0.05, 0.1) is 50.5 Å². The average Bonchev–Trinajstić information content (AvgIpc) is 2.47. The molecule has 2 heterocycles. The van der Waals surface area contributed by atoms with Gasteiger partial charge in [0, 0.05) is 38.4 Å². The summed E-state index contributed by atoms with van der Waals surface area (Å²) in [5.41, 5.74) is 12.4. The first-order valence-corrected chi connectivity index (χ1v) is 26.9. The molecule has 11 aromatic carbocycles. The fourth-order valence-corrected chi connectivity index (χ4v) is 12.0. The number of nitrogens with zero attached hydrogens (tertiary/aromatic N) is 3. The summed E-state index contributed by atoms with van der Waals surface area (Å²) in [6.07, 6.45) is -10.4. The maximum atomic E-state index is 15.5. The smallest absolute Gasteiger partial charge is 0.309 e. The molecular weight excluding hydrogens is 1030 g/mol. The van der Waals surface area contributed by atoms with E-state index in [1.807, 2.05) is 134 Å². The molecule has 0 saturated carbocycles. The molecule has 13 rings (SSSR count). The molecule has 0 bridgehead atoms. The molecule has 0 N–H and O–H groups in total. The van der Waals surface area contributed by atoms with Crippen molar-refractivity contribution in [2.24, 2.45) is 0 Å². The van der Waals surface area contributed by atoms with Crippen LogP contribution in [0.2, 0.25) is 0 Å². The molecule has 0 aliphatic carbocycles. The SMILES string of the molecule is Cc1cccc(-c2ccc3c(c2)c2cc(-c4cccc(C)c4)ccc2n3-c2ccc(-c3c(C(F)(F)F)cccc3C(F)(F)F)c(-c3cc(C#N)ccc3-n3c4ccc(-c5cccc(C)c5)cc4c4cc(-c5cccc(C)c5)ccc43)c2)c1. The fourth-order valence-electron chi connectivity index (χ4n) is 12.0. The lowest BCUT2D eigenvalue weighted by atomic mass is 9.86. The Labute approximate surface area is 469 Å². The number of benzene rings is 11. The average molecular weight is 1080 g/mol. The largest absolute Gasteiger partial charge is 0.417 e. The number of alkyl halides is 6. The Bertz CT molecular complexity index is 4560. The van der Waals surface area contributed by atoms with E-state index in [4.69, 9.17) is 0 Å². The van der Waals surface area contributed by atoms with E-state index >= 15 is 26.3 Å². The third-order valence-corrected chi connectivity index (χ3v) is 15.8. The van der Waals surface area contributed by atoms with Crippen LogP contribution in [-0.4, -0.2) is 9.13 Å². The molecule has 0 fully saturated rings. The van der Waals surface area contributed by atoms with Crippen molar-refractivity contribution < 1.29 is 26.3 Å². The molecule has 82 heavy (non-hydrogen) atoms. The Balaban J connectivity index is 1.13. The second kappa shape index (κ2) is 19.7. The van der Waals surface area contributed by atoms with Gasteiger partial charge in [-0.3, -0.25) is 0 Å². The van der Waals surface area contributed by atoms with Gasteiger partial charge in [-0.25, -0.2) is 0 Å². The van der Waals surface area contributed by atoms with Crippen LogP contribution in [0.1, 0.15) is 38.9 Å². The van der Waals surface area contributed by atoms with E-state index in [2.05, 4.69) is 78.9 Å². The number of aryl methyl sites for hydroxylation is 4. The van der Waals surface area contributed by atoms with E-state index in [0.29, 0.717) is 23.5 Å². The van der Waals surface area contributed by atoms with Crippen molar-refractivity contribution in [2.45, 2.75) is 40.0 Å². The summed E-state index contributed by atoms with van der Waals surface area (Å²) < 4.78 is 97.3. The van der Waals surface area contributed by atoms with Gasteiger partial charge in [-0.1, -0.05) is 156 Å². The van der Waals surface area contributed by atoms with Gasteiger partial charge >= 0.3 is 12.4 Å². The van der Waals surface area contributed by atoms with Gasteiger partial charge in [0.15, 0.2) is 0 Å². The number of hydrogen-bond acceptors (Lipinski definition) is 1. The molecule has 0 saturated heterocycles. The lowest BCUT2D eigenvalue weighted by Crippen LogP contribution is -2.14. The lowest BCUT2D eigenvalue weighted by Gasteiger charge is -2.23. The van der Waals surface area contributed by atoms with Gasteiger partial charge in [0.25, 0.3) is 0 Å². The topological polar surface area (TPSA) is 33.6 Å². The summed E-state index contributed by atoms with van der Waals surface area (Å²) in [4.78, 5) is 0. The lowest BCUT2D eigenvalue weighted by molar-refractivity contribution is -0.142. The number of aromatic nitrogens is 2. The first kappa shape index (κ1) is 51.5. The number of nitriles is 1. The highest BCUT2D eigenvalue weighted by Gasteiger charge is 2.42. The Hall–Kier alpha value is -9.91. The fraction of sp³-hybridized carbons (Fsp3) is 0.0822. The maximum absolute atomic E-state index is 15.5. The van der Waals surface area contributed by atoms with E-state index in [9.17, 15) is 5.26 Å². The molecule has 2 aromatic heterocycles. The van der Waals surface area contributed by atoms with Crippen LogP contribution >= 0.6 is 0 Å². The minimum atomic E-state index is -5.20. The van der Waals surface area contributed by atoms with Gasteiger partial charge in [-0.15, -0.1) is 0 Å². The van der Waals surface area contributed by atoms with Gasteiger partial charge in [0.1, 0.15) is 0 Å². The number of hydrogen-bond donors (Lipinski definition) is 0. The highest BCUT2D eigenvalue weighted by Crippen LogP contribution is 2.50. The summed E-state index contributed by atoms with van der Waals surface area (Å²) in [7, 11) is 0. The van der Waals surface area contributed by atoms with E-state index in [-0.39, 0.29) is 22.3 Å². The molecule has 9 heteroatoms. The van der Waals surface area contributed by atoms with Crippen molar-refractivity contribution in [1.29, 1.82) is 5.26 Å². The summed E-state index contributed by atoms with van der Waals surface area (Å²) in [5, 5.41) is 14.2. The van der Waals surface area contributed by atoms with Crippen molar-refractivity contribution in [3.63, 3.8) is 0 Å². The van der Waals surface area contributed by atoms with Crippen molar-refractivity contribution in [2.75, 3.05) is 0 Å². The van der Waals surface area contributed by atoms with Crippen molar-refractivity contribution >= 4 is 43.6 Å². The maximum Gasteiger partial charge on any atom is 0.417 e. The minimum absolute atomic E-state index is 0.0531. The summed E-state index contributed by atoms with van der Waals surface area (Å²) in [6, 6.07) is 71.6. The highest BCUT2D eigenvalue weighted by atomic mass is 19.4. The molecule has 0 aliphatic rings. The molecule has 0 unspecified atom stereocenters. The predicted octanol–water partition coefficient (Wildman–Crippen LogP) is 21.0. The number of halogens is 6. The first-order chi connectivity index (χ1) is 39.5. The Kier molecular flexibility index (Phi) is 12.4. The third-order valence-electron chi connectivity index (χ3n) is 15.8. The monoisotopic (exact) mass is 1080 g/mol. The third kappa shape index (κ3) is 9.07. The second-order valence-electron chi connectivity index (χ2n) is 21.4. The predicted molar refractivity (Wildman–Crippen MR) is 321 cm³/mol. The van der Waals surface area contributed by atoms with Crippen molar-refractivity contribution in [1.82, 2.24) is 9.13 Å². The minimum Gasteiger partial charge on any atom is -0.309 e. The molecule has 0 amide bonds. The van der Waals surface area contributed by atoms with Crippen molar-refractivity contribution in [3.05, 3.63) is 263 Å². The van der Waals surface area contributed by atoms with Crippen LogP contribution in [0.15, 0.2) is 224 Å². The van der Waals surface area contributed by atoms with Gasteiger partial charge in [-0.2, -0.15) is 31.6 Å². The Morgan fingerprint density at radius 1 is 0.329 bits per heavy atom. The Morgan fingerprint density at radius 2 is 0.695 bits per heavy atom. The first-order valence-electron chi connectivity index (χ1n) is 26.9. The van der Waals surface area contributed by atoms with Crippen LogP contribution in [0.4, 0.5) is 26.3 Å². The van der Waals surface area contributed by atoms with Crippen LogP contribution in [0.25, 0.3) is 122 Å². The quantitative estimate of drug-likeness (QED) is 0.140. The van der Waals surface area contributed by atoms with Crippen LogP contribution in [0.5, 0.6) is 0 Å². The van der Waals surface area contributed by atoms with Gasteiger partial charge in [-0.05, 0) is 174 Å². The summed E-state index contributed by atoms with van der Waals surface area (Å²) in [6.45, 7) is 8.15. The zero-order valence-electron chi connectivity index (χ0n) is 45.0. The van der Waals surface area contributed by atoms with E-state index in [1.54, 1.807) is 30.3 Å². The normalized spacial score (nSPS) is 12.0. The summed E-state index contributed by atoms with van der Waals surface area (Å²) in [5.74, 6) is 0. The zero-order chi connectivity index (χ0) is 56.8.